The maximum atomic E-state index is 5.44. The molecule has 1 heterocycles. The summed E-state index contributed by atoms with van der Waals surface area (Å²) in [6, 6.07) is 21.7. The molecule has 4 heteroatoms. The van der Waals surface area contributed by atoms with Gasteiger partial charge in [-0.15, -0.1) is 0 Å². The van der Waals surface area contributed by atoms with Gasteiger partial charge in [-0.1, -0.05) is 60.7 Å². The Morgan fingerprint density at radius 1 is 1.04 bits per heavy atom. The molecule has 28 heavy (non-hydrogen) atoms. The first kappa shape index (κ1) is 20.6. The molecule has 1 fully saturated rings. The highest BCUT2D eigenvalue weighted by Crippen LogP contribution is 2.26. The number of nitrogens with zero attached hydrogens (tertiary/aromatic N) is 2. The zero-order valence-corrected chi connectivity index (χ0v) is 17.1. The van der Waals surface area contributed by atoms with Crippen molar-refractivity contribution in [2.75, 3.05) is 34.0 Å². The lowest BCUT2D eigenvalue weighted by Crippen LogP contribution is -2.31. The predicted octanol–water partition coefficient (Wildman–Crippen LogP) is 4.52. The van der Waals surface area contributed by atoms with Gasteiger partial charge in [0.15, 0.2) is 0 Å². The van der Waals surface area contributed by atoms with E-state index < -0.39 is 0 Å². The Kier molecular flexibility index (Phi) is 8.07. The van der Waals surface area contributed by atoms with E-state index in [4.69, 9.17) is 14.6 Å². The van der Waals surface area contributed by atoms with Crippen molar-refractivity contribution < 1.29 is 9.47 Å². The van der Waals surface area contributed by atoms with Crippen LogP contribution in [0, 0.1) is 0 Å². The highest BCUT2D eigenvalue weighted by molar-refractivity contribution is 5.92. The standard InChI is InChI=1S/C24H32N2O2/c1-27-17-15-23(21-12-7-4-8-13-21)24(18-20-10-5-3-6-11-20)25-26-16-9-14-22(26)19-28-2/h3-8,10-13,22-23H,9,14-19H2,1-2H3/b25-24+/t22-,23-/m0/s1. The third-order valence-electron chi connectivity index (χ3n) is 5.40. The van der Waals surface area contributed by atoms with Crippen LogP contribution in [0.3, 0.4) is 0 Å². The Hall–Kier alpha value is -2.17. The summed E-state index contributed by atoms with van der Waals surface area (Å²) in [5.74, 6) is 0.241. The van der Waals surface area contributed by atoms with E-state index in [1.54, 1.807) is 14.2 Å². The van der Waals surface area contributed by atoms with Crippen molar-refractivity contribution in [3.8, 4) is 0 Å². The number of hydrogen-bond donors (Lipinski definition) is 0. The highest BCUT2D eigenvalue weighted by atomic mass is 16.5. The number of methoxy groups -OCH3 is 2. The van der Waals surface area contributed by atoms with Gasteiger partial charge in [0, 0.05) is 45.4 Å². The van der Waals surface area contributed by atoms with Crippen molar-refractivity contribution in [2.45, 2.75) is 37.6 Å². The van der Waals surface area contributed by atoms with Crippen molar-refractivity contribution >= 4 is 5.71 Å². The van der Waals surface area contributed by atoms with Crippen LogP contribution in [0.4, 0.5) is 0 Å². The highest BCUT2D eigenvalue weighted by Gasteiger charge is 2.26. The Morgan fingerprint density at radius 3 is 2.43 bits per heavy atom. The van der Waals surface area contributed by atoms with Crippen LogP contribution in [0.15, 0.2) is 65.8 Å². The first-order valence-corrected chi connectivity index (χ1v) is 10.2. The number of hydrogen-bond acceptors (Lipinski definition) is 4. The topological polar surface area (TPSA) is 34.1 Å². The third kappa shape index (κ3) is 5.66. The van der Waals surface area contributed by atoms with Crippen molar-refractivity contribution in [2.24, 2.45) is 5.10 Å². The molecule has 0 N–H and O–H groups in total. The smallest absolute Gasteiger partial charge is 0.0704 e. The molecule has 3 rings (SSSR count). The fourth-order valence-electron chi connectivity index (χ4n) is 3.96. The minimum atomic E-state index is 0.241. The summed E-state index contributed by atoms with van der Waals surface area (Å²) in [7, 11) is 3.54. The molecule has 0 saturated carbocycles. The van der Waals surface area contributed by atoms with Crippen molar-refractivity contribution in [1.29, 1.82) is 0 Å². The van der Waals surface area contributed by atoms with E-state index in [0.29, 0.717) is 6.04 Å². The van der Waals surface area contributed by atoms with E-state index >= 15 is 0 Å². The Balaban J connectivity index is 1.93. The lowest BCUT2D eigenvalue weighted by atomic mass is 9.88. The Labute approximate surface area is 169 Å². The molecule has 4 nitrogen and oxygen atoms in total. The molecular weight excluding hydrogens is 348 g/mol. The van der Waals surface area contributed by atoms with Gasteiger partial charge >= 0.3 is 0 Å². The van der Waals surface area contributed by atoms with E-state index in [-0.39, 0.29) is 5.92 Å². The zero-order valence-electron chi connectivity index (χ0n) is 17.1. The average Bonchev–Trinajstić information content (AvgIpc) is 3.17. The third-order valence-corrected chi connectivity index (χ3v) is 5.40. The van der Waals surface area contributed by atoms with E-state index in [1.807, 2.05) is 0 Å². The number of rotatable bonds is 10. The van der Waals surface area contributed by atoms with Crippen LogP contribution in [0.25, 0.3) is 0 Å². The molecule has 0 amide bonds. The summed E-state index contributed by atoms with van der Waals surface area (Å²) in [5, 5.41) is 7.47. The minimum Gasteiger partial charge on any atom is -0.385 e. The van der Waals surface area contributed by atoms with E-state index in [9.17, 15) is 0 Å². The Morgan fingerprint density at radius 2 is 1.75 bits per heavy atom. The molecule has 0 aromatic heterocycles. The molecular formula is C24H32N2O2. The molecule has 0 bridgehead atoms. The fraction of sp³-hybridized carbons (Fsp3) is 0.458. The molecule has 2 atom stereocenters. The molecule has 150 valence electrons. The molecule has 0 spiro atoms. The molecule has 1 aliphatic rings. The monoisotopic (exact) mass is 380 g/mol. The lowest BCUT2D eigenvalue weighted by molar-refractivity contribution is 0.117. The van der Waals surface area contributed by atoms with Crippen LogP contribution in [0.5, 0.6) is 0 Å². The second kappa shape index (κ2) is 11.0. The first-order valence-electron chi connectivity index (χ1n) is 10.2. The van der Waals surface area contributed by atoms with Gasteiger partial charge in [0.05, 0.1) is 12.6 Å². The van der Waals surface area contributed by atoms with Gasteiger partial charge in [-0.2, -0.15) is 5.10 Å². The molecule has 2 aromatic rings. The van der Waals surface area contributed by atoms with E-state index in [2.05, 4.69) is 65.7 Å². The van der Waals surface area contributed by atoms with Crippen LogP contribution in [-0.2, 0) is 15.9 Å². The average molecular weight is 381 g/mol. The van der Waals surface area contributed by atoms with Crippen LogP contribution < -0.4 is 0 Å². The van der Waals surface area contributed by atoms with Gasteiger partial charge in [0.25, 0.3) is 0 Å². The second-order valence-electron chi connectivity index (χ2n) is 7.41. The molecule has 2 aromatic carbocycles. The predicted molar refractivity (Wildman–Crippen MR) is 115 cm³/mol. The summed E-state index contributed by atoms with van der Waals surface area (Å²) < 4.78 is 10.9. The van der Waals surface area contributed by atoms with Gasteiger partial charge in [-0.3, -0.25) is 5.01 Å². The van der Waals surface area contributed by atoms with Gasteiger partial charge in [0.2, 0.25) is 0 Å². The summed E-state index contributed by atoms with van der Waals surface area (Å²) >= 11 is 0. The van der Waals surface area contributed by atoms with Crippen LogP contribution in [0.2, 0.25) is 0 Å². The quantitative estimate of drug-likeness (QED) is 0.569. The summed E-state index contributed by atoms with van der Waals surface area (Å²) in [6.45, 7) is 2.45. The van der Waals surface area contributed by atoms with Crippen molar-refractivity contribution in [1.82, 2.24) is 5.01 Å². The van der Waals surface area contributed by atoms with Gasteiger partial charge in [-0.05, 0) is 30.4 Å². The first-order chi connectivity index (χ1) is 13.8. The molecule has 0 radical (unpaired) electrons. The molecule has 0 unspecified atom stereocenters. The number of benzene rings is 2. The molecule has 1 aliphatic heterocycles. The van der Waals surface area contributed by atoms with Gasteiger partial charge in [-0.25, -0.2) is 0 Å². The lowest BCUT2D eigenvalue weighted by Gasteiger charge is -2.26. The Bertz CT molecular complexity index is 718. The van der Waals surface area contributed by atoms with Crippen LogP contribution in [-0.4, -0.2) is 50.7 Å². The zero-order chi connectivity index (χ0) is 19.6. The fourth-order valence-corrected chi connectivity index (χ4v) is 3.96. The van der Waals surface area contributed by atoms with E-state index in [0.717, 1.165) is 39.0 Å². The maximum Gasteiger partial charge on any atom is 0.0704 e. The molecule has 0 aliphatic carbocycles. The normalized spacial score (nSPS) is 18.4. The van der Waals surface area contributed by atoms with E-state index in [1.165, 1.54) is 23.3 Å². The van der Waals surface area contributed by atoms with Gasteiger partial charge in [0.1, 0.15) is 0 Å². The summed E-state index contributed by atoms with van der Waals surface area (Å²) in [5.41, 5.74) is 3.80. The SMILES string of the molecule is COCC[C@H](/C(Cc1ccccc1)=N/N1CCC[C@H]1COC)c1ccccc1. The van der Waals surface area contributed by atoms with Crippen molar-refractivity contribution in [3.05, 3.63) is 71.8 Å². The largest absolute Gasteiger partial charge is 0.385 e. The summed E-state index contributed by atoms with van der Waals surface area (Å²) in [4.78, 5) is 0. The number of ether oxygens (including phenoxy) is 2. The maximum absolute atomic E-state index is 5.44. The van der Waals surface area contributed by atoms with Gasteiger partial charge < -0.3 is 9.47 Å². The van der Waals surface area contributed by atoms with Crippen molar-refractivity contribution in [3.63, 3.8) is 0 Å². The van der Waals surface area contributed by atoms with Crippen LogP contribution >= 0.6 is 0 Å². The number of hydrazone groups is 1. The van der Waals surface area contributed by atoms with Crippen LogP contribution in [0.1, 0.15) is 36.3 Å². The minimum absolute atomic E-state index is 0.241. The summed E-state index contributed by atoms with van der Waals surface area (Å²) in [6.07, 6.45) is 4.09. The molecule has 1 saturated heterocycles. The second-order valence-corrected chi connectivity index (χ2v) is 7.41.